The Morgan fingerprint density at radius 2 is 2.14 bits per heavy atom. The van der Waals surface area contributed by atoms with Crippen LogP contribution in [0.3, 0.4) is 0 Å². The Kier molecular flexibility index (Phi) is 3.89. The number of nitrogens with one attached hydrogen (secondary N) is 1. The molecule has 1 rings (SSSR count). The molecule has 1 aliphatic rings. The number of carbonyl (C=O) groups excluding carboxylic acids is 1. The minimum atomic E-state index is -0.400. The molecule has 0 saturated carbocycles. The molecule has 0 radical (unpaired) electrons. The van der Waals surface area contributed by atoms with E-state index < -0.39 is 6.04 Å². The van der Waals surface area contributed by atoms with E-state index in [2.05, 4.69) is 24.1 Å². The maximum Gasteiger partial charge on any atom is 0.236 e. The second kappa shape index (κ2) is 4.75. The number of likely N-dealkylation sites (tertiary alicyclic amines) is 1. The van der Waals surface area contributed by atoms with Gasteiger partial charge < -0.3 is 11.1 Å². The zero-order valence-corrected chi connectivity index (χ0v) is 9.29. The van der Waals surface area contributed by atoms with Crippen molar-refractivity contribution < 1.29 is 4.79 Å². The summed E-state index contributed by atoms with van der Waals surface area (Å²) in [5.41, 5.74) is 5.48. The van der Waals surface area contributed by atoms with Crippen molar-refractivity contribution in [1.82, 2.24) is 10.2 Å². The summed E-state index contributed by atoms with van der Waals surface area (Å²) in [5, 5.41) is 2.96. The van der Waals surface area contributed by atoms with Gasteiger partial charge in [-0.1, -0.05) is 0 Å². The molecule has 0 bridgehead atoms. The summed E-state index contributed by atoms with van der Waals surface area (Å²) in [6.07, 6.45) is 1.04. The predicted octanol–water partition coefficient (Wildman–Crippen LogP) is -0.0675. The summed E-state index contributed by atoms with van der Waals surface area (Å²) < 4.78 is 0. The van der Waals surface area contributed by atoms with Crippen molar-refractivity contribution in [2.75, 3.05) is 13.1 Å². The highest BCUT2D eigenvalue weighted by molar-refractivity contribution is 5.81. The van der Waals surface area contributed by atoms with Crippen LogP contribution in [0.5, 0.6) is 0 Å². The van der Waals surface area contributed by atoms with Crippen LogP contribution in [-0.4, -0.2) is 42.0 Å². The molecular formula is C10H21N3O. The summed E-state index contributed by atoms with van der Waals surface area (Å²) in [6.45, 7) is 8.09. The second-order valence-electron chi connectivity index (χ2n) is 4.37. The van der Waals surface area contributed by atoms with Gasteiger partial charge in [0.2, 0.25) is 5.91 Å². The fourth-order valence-electron chi connectivity index (χ4n) is 1.71. The van der Waals surface area contributed by atoms with Crippen LogP contribution in [0.4, 0.5) is 0 Å². The Balaban J connectivity index is 2.32. The standard InChI is InChI=1S/C10H21N3O/c1-7(2)13-5-4-9(6-13)12-10(14)8(3)11/h7-9H,4-6,11H2,1-3H3,(H,12,14). The van der Waals surface area contributed by atoms with Gasteiger partial charge in [-0.05, 0) is 27.2 Å². The van der Waals surface area contributed by atoms with Crippen LogP contribution >= 0.6 is 0 Å². The maximum atomic E-state index is 11.3. The fourth-order valence-corrected chi connectivity index (χ4v) is 1.71. The Morgan fingerprint density at radius 1 is 1.50 bits per heavy atom. The lowest BCUT2D eigenvalue weighted by Gasteiger charge is -2.20. The van der Waals surface area contributed by atoms with Crippen molar-refractivity contribution >= 4 is 5.91 Å². The van der Waals surface area contributed by atoms with Crippen LogP contribution in [0.25, 0.3) is 0 Å². The largest absolute Gasteiger partial charge is 0.351 e. The Bertz CT molecular complexity index is 204. The highest BCUT2D eigenvalue weighted by Crippen LogP contribution is 2.12. The first-order chi connectivity index (χ1) is 6.50. The zero-order chi connectivity index (χ0) is 10.7. The molecule has 14 heavy (non-hydrogen) atoms. The van der Waals surface area contributed by atoms with Crippen LogP contribution in [0.1, 0.15) is 27.2 Å². The van der Waals surface area contributed by atoms with Crippen LogP contribution in [-0.2, 0) is 4.79 Å². The van der Waals surface area contributed by atoms with Gasteiger partial charge in [0.25, 0.3) is 0 Å². The first-order valence-corrected chi connectivity index (χ1v) is 5.30. The smallest absolute Gasteiger partial charge is 0.236 e. The molecule has 3 N–H and O–H groups in total. The normalized spacial score (nSPS) is 25.4. The number of rotatable bonds is 3. The SMILES string of the molecule is CC(N)C(=O)NC1CCN(C(C)C)C1. The molecule has 1 amide bonds. The molecule has 0 spiro atoms. The average Bonchev–Trinajstić information content (AvgIpc) is 2.52. The van der Waals surface area contributed by atoms with Gasteiger partial charge >= 0.3 is 0 Å². The quantitative estimate of drug-likeness (QED) is 0.669. The van der Waals surface area contributed by atoms with Crippen molar-refractivity contribution in [3.63, 3.8) is 0 Å². The van der Waals surface area contributed by atoms with Gasteiger partial charge in [0.1, 0.15) is 0 Å². The van der Waals surface area contributed by atoms with E-state index in [-0.39, 0.29) is 11.9 Å². The van der Waals surface area contributed by atoms with Gasteiger partial charge in [-0.15, -0.1) is 0 Å². The Hall–Kier alpha value is -0.610. The summed E-state index contributed by atoms with van der Waals surface area (Å²) in [6, 6.07) is 0.450. The van der Waals surface area contributed by atoms with Gasteiger partial charge in [0, 0.05) is 25.2 Å². The fraction of sp³-hybridized carbons (Fsp3) is 0.900. The lowest BCUT2D eigenvalue weighted by Crippen LogP contribution is -2.45. The first kappa shape index (κ1) is 11.5. The molecule has 2 atom stereocenters. The summed E-state index contributed by atoms with van der Waals surface area (Å²) >= 11 is 0. The molecule has 4 nitrogen and oxygen atoms in total. The highest BCUT2D eigenvalue weighted by atomic mass is 16.2. The van der Waals surface area contributed by atoms with E-state index in [9.17, 15) is 4.79 Å². The zero-order valence-electron chi connectivity index (χ0n) is 9.29. The molecule has 4 heteroatoms. The van der Waals surface area contributed by atoms with Crippen molar-refractivity contribution in [3.8, 4) is 0 Å². The molecule has 1 aliphatic heterocycles. The van der Waals surface area contributed by atoms with Crippen LogP contribution < -0.4 is 11.1 Å². The van der Waals surface area contributed by atoms with Gasteiger partial charge in [-0.25, -0.2) is 0 Å². The topological polar surface area (TPSA) is 58.4 Å². The molecule has 0 aromatic rings. The van der Waals surface area contributed by atoms with E-state index >= 15 is 0 Å². The number of carbonyl (C=O) groups is 1. The number of hydrogen-bond donors (Lipinski definition) is 2. The Labute approximate surface area is 85.8 Å². The van der Waals surface area contributed by atoms with Crippen molar-refractivity contribution in [2.24, 2.45) is 5.73 Å². The lowest BCUT2D eigenvalue weighted by atomic mass is 10.2. The van der Waals surface area contributed by atoms with Gasteiger partial charge in [-0.3, -0.25) is 9.69 Å². The van der Waals surface area contributed by atoms with E-state index in [0.29, 0.717) is 6.04 Å². The number of amides is 1. The molecule has 1 fully saturated rings. The number of nitrogens with two attached hydrogens (primary N) is 1. The van der Waals surface area contributed by atoms with E-state index in [1.54, 1.807) is 6.92 Å². The second-order valence-corrected chi connectivity index (χ2v) is 4.37. The third-order valence-corrected chi connectivity index (χ3v) is 2.71. The third-order valence-electron chi connectivity index (χ3n) is 2.71. The molecule has 0 aliphatic carbocycles. The minimum Gasteiger partial charge on any atom is -0.351 e. The summed E-state index contributed by atoms with van der Waals surface area (Å²) in [5.74, 6) is -0.0411. The van der Waals surface area contributed by atoms with Crippen molar-refractivity contribution in [3.05, 3.63) is 0 Å². The first-order valence-electron chi connectivity index (χ1n) is 5.30. The summed E-state index contributed by atoms with van der Waals surface area (Å²) in [4.78, 5) is 13.7. The molecule has 2 unspecified atom stereocenters. The molecule has 82 valence electrons. The average molecular weight is 199 g/mol. The Morgan fingerprint density at radius 3 is 2.57 bits per heavy atom. The summed E-state index contributed by atoms with van der Waals surface area (Å²) in [7, 11) is 0. The molecule has 0 aromatic heterocycles. The van der Waals surface area contributed by atoms with E-state index in [1.807, 2.05) is 0 Å². The molecule has 0 aromatic carbocycles. The van der Waals surface area contributed by atoms with Crippen LogP contribution in [0.15, 0.2) is 0 Å². The van der Waals surface area contributed by atoms with Gasteiger partial charge in [-0.2, -0.15) is 0 Å². The van der Waals surface area contributed by atoms with Crippen LogP contribution in [0, 0.1) is 0 Å². The molecule has 1 heterocycles. The minimum absolute atomic E-state index is 0.0411. The van der Waals surface area contributed by atoms with Gasteiger partial charge in [0.15, 0.2) is 0 Å². The van der Waals surface area contributed by atoms with E-state index in [0.717, 1.165) is 19.5 Å². The molecule has 1 saturated heterocycles. The van der Waals surface area contributed by atoms with E-state index in [1.165, 1.54) is 0 Å². The number of nitrogens with zero attached hydrogens (tertiary/aromatic N) is 1. The van der Waals surface area contributed by atoms with Crippen LogP contribution in [0.2, 0.25) is 0 Å². The number of hydrogen-bond acceptors (Lipinski definition) is 3. The van der Waals surface area contributed by atoms with Crippen molar-refractivity contribution in [2.45, 2.75) is 45.3 Å². The van der Waals surface area contributed by atoms with Gasteiger partial charge in [0.05, 0.1) is 6.04 Å². The highest BCUT2D eigenvalue weighted by Gasteiger charge is 2.25. The molecular weight excluding hydrogens is 178 g/mol. The lowest BCUT2D eigenvalue weighted by molar-refractivity contribution is -0.122. The maximum absolute atomic E-state index is 11.3. The predicted molar refractivity (Wildman–Crippen MR) is 56.9 cm³/mol. The third kappa shape index (κ3) is 2.96. The van der Waals surface area contributed by atoms with Crippen molar-refractivity contribution in [1.29, 1.82) is 0 Å². The van der Waals surface area contributed by atoms with E-state index in [4.69, 9.17) is 5.73 Å². The monoisotopic (exact) mass is 199 g/mol.